The van der Waals surface area contributed by atoms with Crippen LogP contribution in [0.4, 0.5) is 21.9 Å². The lowest BCUT2D eigenvalue weighted by Gasteiger charge is -2.39. The van der Waals surface area contributed by atoms with E-state index in [1.165, 1.54) is 16.2 Å². The summed E-state index contributed by atoms with van der Waals surface area (Å²) in [6.45, 7) is 2.03. The van der Waals surface area contributed by atoms with E-state index in [2.05, 4.69) is 35.2 Å². The highest BCUT2D eigenvalue weighted by Crippen LogP contribution is 2.50. The largest absolute Gasteiger partial charge is 0.465 e. The average molecular weight is 323 g/mol. The number of anilines is 3. The number of likely N-dealkylation sites (tertiary alicyclic amines) is 1. The van der Waals surface area contributed by atoms with Crippen molar-refractivity contribution in [3.63, 3.8) is 0 Å². The third-order valence-electron chi connectivity index (χ3n) is 5.45. The van der Waals surface area contributed by atoms with Crippen LogP contribution in [0.1, 0.15) is 18.4 Å². The topological polar surface area (TPSA) is 69.8 Å². The zero-order chi connectivity index (χ0) is 16.7. The summed E-state index contributed by atoms with van der Waals surface area (Å²) >= 11 is 0. The predicted molar refractivity (Wildman–Crippen MR) is 94.8 cm³/mol. The standard InChI is InChI=1S/C19H21N3O2/c20-15-6-2-4-8-17(15)22-13-19(14-5-1-3-7-16(14)22)9-11-21(12-10-19)18(23)24/h1-8H,9-13,20H2,(H,23,24). The van der Waals surface area contributed by atoms with Gasteiger partial charge < -0.3 is 20.6 Å². The molecule has 0 bridgehead atoms. The van der Waals surface area contributed by atoms with Crippen molar-refractivity contribution in [2.75, 3.05) is 30.3 Å². The summed E-state index contributed by atoms with van der Waals surface area (Å²) in [5, 5.41) is 9.23. The Labute approximate surface area is 141 Å². The first-order chi connectivity index (χ1) is 11.6. The van der Waals surface area contributed by atoms with Gasteiger partial charge in [-0.2, -0.15) is 0 Å². The molecule has 4 rings (SSSR count). The van der Waals surface area contributed by atoms with Gasteiger partial charge in [-0.1, -0.05) is 30.3 Å². The Kier molecular flexibility index (Phi) is 3.37. The monoisotopic (exact) mass is 323 g/mol. The first kappa shape index (κ1) is 14.9. The van der Waals surface area contributed by atoms with Crippen LogP contribution >= 0.6 is 0 Å². The van der Waals surface area contributed by atoms with E-state index in [-0.39, 0.29) is 5.41 Å². The molecular weight excluding hydrogens is 302 g/mol. The fourth-order valence-corrected chi connectivity index (χ4v) is 4.13. The van der Waals surface area contributed by atoms with Gasteiger partial charge in [0, 0.05) is 30.7 Å². The second kappa shape index (κ2) is 5.44. The Hall–Kier alpha value is -2.69. The van der Waals surface area contributed by atoms with E-state index in [0.29, 0.717) is 13.1 Å². The van der Waals surface area contributed by atoms with E-state index in [9.17, 15) is 9.90 Å². The van der Waals surface area contributed by atoms with Crippen LogP contribution in [-0.4, -0.2) is 35.7 Å². The van der Waals surface area contributed by atoms with E-state index in [0.717, 1.165) is 30.8 Å². The summed E-state index contributed by atoms with van der Waals surface area (Å²) in [6, 6.07) is 16.4. The van der Waals surface area contributed by atoms with Crippen molar-refractivity contribution in [1.82, 2.24) is 4.90 Å². The van der Waals surface area contributed by atoms with Crippen molar-refractivity contribution in [3.8, 4) is 0 Å². The van der Waals surface area contributed by atoms with Crippen molar-refractivity contribution in [2.24, 2.45) is 0 Å². The number of piperidine rings is 1. The Morgan fingerprint density at radius 2 is 1.62 bits per heavy atom. The van der Waals surface area contributed by atoms with E-state index in [1.807, 2.05) is 18.2 Å². The lowest BCUT2D eigenvalue weighted by molar-refractivity contribution is 0.119. The van der Waals surface area contributed by atoms with Gasteiger partial charge in [-0.15, -0.1) is 0 Å². The molecule has 1 fully saturated rings. The molecule has 2 aliphatic heterocycles. The molecule has 5 heteroatoms. The minimum absolute atomic E-state index is 0.00479. The van der Waals surface area contributed by atoms with E-state index in [4.69, 9.17) is 5.73 Å². The van der Waals surface area contributed by atoms with Crippen LogP contribution < -0.4 is 10.6 Å². The maximum atomic E-state index is 11.2. The average Bonchev–Trinajstić information content (AvgIpc) is 2.90. The summed E-state index contributed by atoms with van der Waals surface area (Å²) in [5.74, 6) is 0. The van der Waals surface area contributed by atoms with Gasteiger partial charge in [-0.05, 0) is 36.6 Å². The van der Waals surface area contributed by atoms with Crippen LogP contribution in [0.5, 0.6) is 0 Å². The molecule has 0 aromatic heterocycles. The maximum absolute atomic E-state index is 11.2. The molecule has 124 valence electrons. The number of para-hydroxylation sites is 3. The van der Waals surface area contributed by atoms with Gasteiger partial charge in [-0.25, -0.2) is 4.79 Å². The molecule has 2 aliphatic rings. The van der Waals surface area contributed by atoms with Crippen molar-refractivity contribution in [3.05, 3.63) is 54.1 Å². The van der Waals surface area contributed by atoms with Gasteiger partial charge in [0.05, 0.1) is 11.4 Å². The molecule has 0 unspecified atom stereocenters. The minimum Gasteiger partial charge on any atom is -0.465 e. The number of amides is 1. The number of carbonyl (C=O) groups is 1. The smallest absolute Gasteiger partial charge is 0.407 e. The van der Waals surface area contributed by atoms with Crippen molar-refractivity contribution < 1.29 is 9.90 Å². The molecule has 0 aliphatic carbocycles. The van der Waals surface area contributed by atoms with Gasteiger partial charge in [0.15, 0.2) is 0 Å². The predicted octanol–water partition coefficient (Wildman–Crippen LogP) is 3.43. The fourth-order valence-electron chi connectivity index (χ4n) is 4.13. The number of hydrogen-bond donors (Lipinski definition) is 2. The van der Waals surface area contributed by atoms with Crippen LogP contribution in [0.2, 0.25) is 0 Å². The van der Waals surface area contributed by atoms with E-state index >= 15 is 0 Å². The third-order valence-corrected chi connectivity index (χ3v) is 5.45. The van der Waals surface area contributed by atoms with Crippen molar-refractivity contribution >= 4 is 23.2 Å². The fraction of sp³-hybridized carbons (Fsp3) is 0.316. The molecule has 3 N–H and O–H groups in total. The summed E-state index contributed by atoms with van der Waals surface area (Å²) < 4.78 is 0. The Morgan fingerprint density at radius 1 is 1.00 bits per heavy atom. The molecule has 0 atom stereocenters. The molecule has 2 aromatic rings. The number of benzene rings is 2. The van der Waals surface area contributed by atoms with E-state index < -0.39 is 6.09 Å². The van der Waals surface area contributed by atoms with Crippen molar-refractivity contribution in [2.45, 2.75) is 18.3 Å². The molecule has 1 amide bonds. The molecule has 2 heterocycles. The normalized spacial score (nSPS) is 18.7. The molecule has 1 spiro atoms. The zero-order valence-electron chi connectivity index (χ0n) is 13.5. The summed E-state index contributed by atoms with van der Waals surface area (Å²) in [6.07, 6.45) is 0.874. The first-order valence-electron chi connectivity index (χ1n) is 8.30. The molecular formula is C19H21N3O2. The van der Waals surface area contributed by atoms with Crippen LogP contribution in [0, 0.1) is 0 Å². The Balaban J connectivity index is 1.72. The summed E-state index contributed by atoms with van der Waals surface area (Å²) in [4.78, 5) is 15.0. The second-order valence-corrected chi connectivity index (χ2v) is 6.71. The number of fused-ring (bicyclic) bond motifs is 2. The number of nitrogen functional groups attached to an aromatic ring is 1. The maximum Gasteiger partial charge on any atom is 0.407 e. The lowest BCUT2D eigenvalue weighted by Crippen LogP contribution is -2.46. The Morgan fingerprint density at radius 3 is 2.29 bits per heavy atom. The highest BCUT2D eigenvalue weighted by molar-refractivity contribution is 5.80. The molecule has 24 heavy (non-hydrogen) atoms. The van der Waals surface area contributed by atoms with Crippen LogP contribution in [0.25, 0.3) is 0 Å². The van der Waals surface area contributed by atoms with Crippen LogP contribution in [0.15, 0.2) is 48.5 Å². The highest BCUT2D eigenvalue weighted by Gasteiger charge is 2.45. The second-order valence-electron chi connectivity index (χ2n) is 6.71. The number of hydrogen-bond acceptors (Lipinski definition) is 3. The van der Waals surface area contributed by atoms with Gasteiger partial charge in [0.2, 0.25) is 0 Å². The van der Waals surface area contributed by atoms with Gasteiger partial charge in [-0.3, -0.25) is 0 Å². The number of rotatable bonds is 1. The SMILES string of the molecule is Nc1ccccc1N1CC2(CCN(C(=O)O)CC2)c2ccccc21. The summed E-state index contributed by atoms with van der Waals surface area (Å²) in [7, 11) is 0. The molecule has 1 saturated heterocycles. The quantitative estimate of drug-likeness (QED) is 0.789. The Bertz CT molecular complexity index is 782. The van der Waals surface area contributed by atoms with E-state index in [1.54, 1.807) is 0 Å². The number of nitrogens with two attached hydrogens (primary N) is 1. The number of carboxylic acid groups (broad SMARTS) is 1. The van der Waals surface area contributed by atoms with Gasteiger partial charge in [0.1, 0.15) is 0 Å². The first-order valence-corrected chi connectivity index (χ1v) is 8.30. The molecule has 2 aromatic carbocycles. The molecule has 5 nitrogen and oxygen atoms in total. The van der Waals surface area contributed by atoms with Crippen molar-refractivity contribution in [1.29, 1.82) is 0 Å². The molecule has 0 saturated carbocycles. The van der Waals surface area contributed by atoms with Gasteiger partial charge >= 0.3 is 6.09 Å². The van der Waals surface area contributed by atoms with Gasteiger partial charge in [0.25, 0.3) is 0 Å². The molecule has 0 radical (unpaired) electrons. The van der Waals surface area contributed by atoms with Crippen LogP contribution in [0.3, 0.4) is 0 Å². The highest BCUT2D eigenvalue weighted by atomic mass is 16.4. The summed E-state index contributed by atoms with van der Waals surface area (Å²) in [5.41, 5.74) is 10.5. The van der Waals surface area contributed by atoms with Crippen LogP contribution in [-0.2, 0) is 5.41 Å². The zero-order valence-corrected chi connectivity index (χ0v) is 13.5. The minimum atomic E-state index is -0.819. The third kappa shape index (κ3) is 2.19. The number of nitrogens with zero attached hydrogens (tertiary/aromatic N) is 2. The lowest BCUT2D eigenvalue weighted by atomic mass is 9.74.